The number of hydrogen-bond donors (Lipinski definition) is 1. The van der Waals surface area contributed by atoms with Crippen molar-refractivity contribution in [2.24, 2.45) is 4.99 Å². The van der Waals surface area contributed by atoms with E-state index in [-0.39, 0.29) is 10.8 Å². The minimum atomic E-state index is -0.0878. The summed E-state index contributed by atoms with van der Waals surface area (Å²) in [4.78, 5) is 8.82. The average molecular weight is 452 g/mol. The summed E-state index contributed by atoms with van der Waals surface area (Å²) in [6.07, 6.45) is 1.48. The smallest absolute Gasteiger partial charge is 0.228 e. The van der Waals surface area contributed by atoms with Gasteiger partial charge in [-0.25, -0.2) is 4.98 Å². The first-order valence-corrected chi connectivity index (χ1v) is 9.50. The van der Waals surface area contributed by atoms with Crippen LogP contribution < -0.4 is 0 Å². The van der Waals surface area contributed by atoms with Crippen molar-refractivity contribution < 1.29 is 9.52 Å². The quantitative estimate of drug-likeness (QED) is 0.327. The van der Waals surface area contributed by atoms with E-state index < -0.39 is 0 Å². The minimum Gasteiger partial charge on any atom is -0.506 e. The van der Waals surface area contributed by atoms with Gasteiger partial charge in [0.1, 0.15) is 11.3 Å². The highest BCUT2D eigenvalue weighted by atomic mass is 35.5. The van der Waals surface area contributed by atoms with Crippen LogP contribution in [-0.4, -0.2) is 16.3 Å². The molecule has 0 bridgehead atoms. The van der Waals surface area contributed by atoms with E-state index in [9.17, 15) is 5.11 Å². The minimum absolute atomic E-state index is 0.0878. The fourth-order valence-electron chi connectivity index (χ4n) is 2.61. The van der Waals surface area contributed by atoms with E-state index in [2.05, 4.69) is 9.98 Å². The van der Waals surface area contributed by atoms with Crippen molar-refractivity contribution >= 4 is 69.4 Å². The molecule has 28 heavy (non-hydrogen) atoms. The Hall–Kier alpha value is -2.24. The molecule has 0 atom stereocenters. The number of aliphatic imine (C=N–C) groups is 1. The van der Waals surface area contributed by atoms with Crippen molar-refractivity contribution in [1.82, 2.24) is 4.98 Å². The molecule has 0 unspecified atom stereocenters. The number of aromatic hydroxyl groups is 1. The third-order valence-corrected chi connectivity index (χ3v) is 5.29. The van der Waals surface area contributed by atoms with Crippen molar-refractivity contribution in [2.45, 2.75) is 0 Å². The van der Waals surface area contributed by atoms with E-state index >= 15 is 0 Å². The fourth-order valence-corrected chi connectivity index (χ4v) is 3.50. The third-order valence-electron chi connectivity index (χ3n) is 3.96. The molecule has 1 aromatic heterocycles. The van der Waals surface area contributed by atoms with Crippen molar-refractivity contribution in [2.75, 3.05) is 0 Å². The van der Waals surface area contributed by atoms with Gasteiger partial charge in [0.25, 0.3) is 0 Å². The predicted octanol–water partition coefficient (Wildman–Crippen LogP) is 7.56. The lowest BCUT2D eigenvalue weighted by Gasteiger charge is -2.02. The van der Waals surface area contributed by atoms with Crippen LogP contribution in [0.2, 0.25) is 20.1 Å². The highest BCUT2D eigenvalue weighted by Crippen LogP contribution is 2.35. The summed E-state index contributed by atoms with van der Waals surface area (Å²) in [5.41, 5.74) is 2.81. The number of nitrogens with zero attached hydrogens (tertiary/aromatic N) is 2. The van der Waals surface area contributed by atoms with Crippen LogP contribution in [0.15, 0.2) is 57.9 Å². The number of oxazole rings is 1. The molecule has 0 fully saturated rings. The van der Waals surface area contributed by atoms with Crippen molar-refractivity contribution in [1.29, 1.82) is 0 Å². The maximum atomic E-state index is 10.0. The van der Waals surface area contributed by atoms with E-state index in [1.54, 1.807) is 42.5 Å². The summed E-state index contributed by atoms with van der Waals surface area (Å²) in [6.45, 7) is 0. The molecule has 3 aromatic carbocycles. The number of phenols is 1. The number of aromatic nitrogens is 1. The molecule has 0 aliphatic rings. The molecule has 140 valence electrons. The monoisotopic (exact) mass is 450 g/mol. The zero-order valence-corrected chi connectivity index (χ0v) is 17.0. The van der Waals surface area contributed by atoms with Crippen LogP contribution in [0.4, 0.5) is 5.69 Å². The van der Waals surface area contributed by atoms with Crippen molar-refractivity contribution in [3.8, 4) is 17.2 Å². The Balaban J connectivity index is 1.70. The molecule has 4 nitrogen and oxygen atoms in total. The van der Waals surface area contributed by atoms with Gasteiger partial charge in [0.2, 0.25) is 5.89 Å². The molecule has 0 spiro atoms. The molecule has 1 N–H and O–H groups in total. The van der Waals surface area contributed by atoms with Crippen LogP contribution in [0.5, 0.6) is 5.75 Å². The van der Waals surface area contributed by atoms with Gasteiger partial charge in [0, 0.05) is 16.8 Å². The molecule has 8 heteroatoms. The molecular weight excluding hydrogens is 442 g/mol. The highest BCUT2D eigenvalue weighted by Gasteiger charge is 2.14. The second kappa shape index (κ2) is 7.64. The number of benzene rings is 3. The molecule has 0 aliphatic heterocycles. The lowest BCUT2D eigenvalue weighted by atomic mass is 10.2. The average Bonchev–Trinajstić information content (AvgIpc) is 3.08. The Morgan fingerprint density at radius 2 is 1.79 bits per heavy atom. The van der Waals surface area contributed by atoms with Gasteiger partial charge in [-0.05, 0) is 42.5 Å². The Bertz CT molecular complexity index is 1230. The van der Waals surface area contributed by atoms with Gasteiger partial charge in [-0.15, -0.1) is 0 Å². The maximum Gasteiger partial charge on any atom is 0.228 e. The number of rotatable bonds is 3. The Labute approximate surface area is 180 Å². The first kappa shape index (κ1) is 19.1. The zero-order valence-electron chi connectivity index (χ0n) is 14.0. The van der Waals surface area contributed by atoms with Gasteiger partial charge in [-0.3, -0.25) is 4.99 Å². The number of fused-ring (bicyclic) bond motifs is 1. The molecule has 0 saturated heterocycles. The fraction of sp³-hybridized carbons (Fsp3) is 0. The summed E-state index contributed by atoms with van der Waals surface area (Å²) >= 11 is 24.2. The predicted molar refractivity (Wildman–Crippen MR) is 115 cm³/mol. The van der Waals surface area contributed by atoms with Crippen LogP contribution in [0.25, 0.3) is 22.6 Å². The highest BCUT2D eigenvalue weighted by molar-refractivity contribution is 6.43. The van der Waals surface area contributed by atoms with E-state index in [1.807, 2.05) is 0 Å². The zero-order chi connectivity index (χ0) is 19.8. The van der Waals surface area contributed by atoms with Crippen molar-refractivity contribution in [3.63, 3.8) is 0 Å². The van der Waals surface area contributed by atoms with E-state index in [0.717, 1.165) is 0 Å². The molecule has 0 aliphatic carbocycles. The summed E-state index contributed by atoms with van der Waals surface area (Å²) in [5.74, 6) is 0.276. The third kappa shape index (κ3) is 3.69. The Morgan fingerprint density at radius 3 is 2.61 bits per heavy atom. The van der Waals surface area contributed by atoms with Crippen LogP contribution in [0.3, 0.4) is 0 Å². The van der Waals surface area contributed by atoms with Gasteiger partial charge in [0.05, 0.1) is 26.3 Å². The normalized spacial score (nSPS) is 11.6. The molecule has 4 aromatic rings. The second-order valence-corrected chi connectivity index (χ2v) is 7.48. The summed E-state index contributed by atoms with van der Waals surface area (Å²) in [5, 5.41) is 11.4. The first-order valence-electron chi connectivity index (χ1n) is 7.99. The van der Waals surface area contributed by atoms with E-state index in [0.29, 0.717) is 48.9 Å². The van der Waals surface area contributed by atoms with E-state index in [4.69, 9.17) is 50.8 Å². The second-order valence-electron chi connectivity index (χ2n) is 5.86. The van der Waals surface area contributed by atoms with Gasteiger partial charge in [0.15, 0.2) is 5.58 Å². The molecule has 0 saturated carbocycles. The lowest BCUT2D eigenvalue weighted by molar-refractivity contribution is 0.475. The van der Waals surface area contributed by atoms with Gasteiger partial charge in [-0.2, -0.15) is 0 Å². The Kier molecular flexibility index (Phi) is 5.21. The number of phenolic OH excluding ortho intramolecular Hbond substituents is 1. The molecule has 0 radical (unpaired) electrons. The number of hydrogen-bond acceptors (Lipinski definition) is 4. The standard InChI is InChI=1S/C20H10Cl4N2O2/c21-11-6-10(19(27)15(23)7-11)9-25-12-4-5-17-16(8-12)26-20(28-17)13-2-1-3-14(22)18(13)24/h1-9,27H. The first-order chi connectivity index (χ1) is 13.4. The van der Waals surface area contributed by atoms with Gasteiger partial charge >= 0.3 is 0 Å². The molecule has 0 amide bonds. The largest absolute Gasteiger partial charge is 0.506 e. The van der Waals surface area contributed by atoms with Crippen LogP contribution in [0, 0.1) is 0 Å². The van der Waals surface area contributed by atoms with Crippen LogP contribution >= 0.6 is 46.4 Å². The summed E-state index contributed by atoms with van der Waals surface area (Å²) < 4.78 is 5.78. The molecule has 1 heterocycles. The van der Waals surface area contributed by atoms with Crippen molar-refractivity contribution in [3.05, 3.63) is 74.2 Å². The lowest BCUT2D eigenvalue weighted by Crippen LogP contribution is -1.84. The topological polar surface area (TPSA) is 58.6 Å². The SMILES string of the molecule is Oc1c(Cl)cc(Cl)cc1C=Nc1ccc2oc(-c3cccc(Cl)c3Cl)nc2c1. The van der Waals surface area contributed by atoms with Crippen LogP contribution in [-0.2, 0) is 0 Å². The summed E-state index contributed by atoms with van der Waals surface area (Å²) in [7, 11) is 0. The van der Waals surface area contributed by atoms with Crippen LogP contribution in [0.1, 0.15) is 5.56 Å². The Morgan fingerprint density at radius 1 is 0.964 bits per heavy atom. The molecule has 4 rings (SSSR count). The van der Waals surface area contributed by atoms with Gasteiger partial charge < -0.3 is 9.52 Å². The summed E-state index contributed by atoms with van der Waals surface area (Å²) in [6, 6.07) is 13.5. The number of halogens is 4. The van der Waals surface area contributed by atoms with Gasteiger partial charge in [-0.1, -0.05) is 52.5 Å². The maximum absolute atomic E-state index is 10.0. The van der Waals surface area contributed by atoms with E-state index in [1.165, 1.54) is 12.3 Å². The molecular formula is C20H10Cl4N2O2.